The van der Waals surface area contributed by atoms with Crippen molar-refractivity contribution in [3.05, 3.63) is 94.0 Å². The first-order valence-corrected chi connectivity index (χ1v) is 9.67. The maximum atomic E-state index is 5.95. The van der Waals surface area contributed by atoms with E-state index in [1.165, 1.54) is 0 Å². The van der Waals surface area contributed by atoms with Crippen LogP contribution in [0, 0.1) is 0 Å². The Hall–Kier alpha value is -2.82. The highest BCUT2D eigenvalue weighted by atomic mass is 35.5. The zero-order valence-corrected chi connectivity index (χ0v) is 16.5. The van der Waals surface area contributed by atoms with E-state index in [1.54, 1.807) is 0 Å². The van der Waals surface area contributed by atoms with Gasteiger partial charge >= 0.3 is 0 Å². The number of fused-ring (bicyclic) bond motifs is 1. The third kappa shape index (κ3) is 4.35. The summed E-state index contributed by atoms with van der Waals surface area (Å²) in [6, 6.07) is 23.6. The molecule has 0 spiro atoms. The summed E-state index contributed by atoms with van der Waals surface area (Å²) in [5, 5.41) is 19.0. The van der Waals surface area contributed by atoms with Crippen molar-refractivity contribution in [3.8, 4) is 0 Å². The third-order valence-corrected chi connectivity index (χ3v) is 4.94. The van der Waals surface area contributed by atoms with Crippen molar-refractivity contribution in [2.45, 2.75) is 13.1 Å². The number of benzene rings is 3. The van der Waals surface area contributed by atoms with E-state index >= 15 is 0 Å². The number of nitrogens with zero attached hydrogens (tertiary/aromatic N) is 2. The van der Waals surface area contributed by atoms with Gasteiger partial charge in [0.2, 0.25) is 0 Å². The first-order chi connectivity index (χ1) is 13.7. The predicted molar refractivity (Wildman–Crippen MR) is 117 cm³/mol. The number of nitrogens with one attached hydrogen (secondary N) is 2. The lowest BCUT2D eigenvalue weighted by Crippen LogP contribution is -2.07. The average Bonchev–Trinajstić information content (AvgIpc) is 2.73. The molecule has 28 heavy (non-hydrogen) atoms. The summed E-state index contributed by atoms with van der Waals surface area (Å²) in [6.45, 7) is 1.29. The van der Waals surface area contributed by atoms with Crippen molar-refractivity contribution in [2.75, 3.05) is 10.6 Å². The van der Waals surface area contributed by atoms with Crippen LogP contribution in [0.4, 0.5) is 11.6 Å². The molecule has 4 nitrogen and oxygen atoms in total. The molecule has 4 aromatic rings. The minimum absolute atomic E-state index is 0.646. The zero-order valence-electron chi connectivity index (χ0n) is 15.0. The molecule has 0 saturated heterocycles. The standard InChI is InChI=1S/C22H18Cl2N4/c23-17-9-5-15(6-10-17)13-25-21-19-3-1-2-4-20(19)22(28-27-21)26-14-16-7-11-18(24)12-8-16/h1-12H,13-14H2,(H,25,27)(H,26,28). The number of hydrogen-bond acceptors (Lipinski definition) is 4. The van der Waals surface area contributed by atoms with Crippen LogP contribution in [0.2, 0.25) is 10.0 Å². The summed E-state index contributed by atoms with van der Waals surface area (Å²) >= 11 is 11.9. The molecule has 0 bridgehead atoms. The van der Waals surface area contributed by atoms with Gasteiger partial charge in [-0.05, 0) is 35.4 Å². The third-order valence-electron chi connectivity index (χ3n) is 4.43. The fraction of sp³-hybridized carbons (Fsp3) is 0.0909. The molecule has 0 aliphatic heterocycles. The lowest BCUT2D eigenvalue weighted by molar-refractivity contribution is 0.997. The molecule has 0 atom stereocenters. The van der Waals surface area contributed by atoms with Crippen molar-refractivity contribution in [2.24, 2.45) is 0 Å². The van der Waals surface area contributed by atoms with E-state index in [9.17, 15) is 0 Å². The maximum Gasteiger partial charge on any atom is 0.157 e. The van der Waals surface area contributed by atoms with Gasteiger partial charge in [-0.1, -0.05) is 71.7 Å². The highest BCUT2D eigenvalue weighted by Crippen LogP contribution is 2.26. The molecule has 0 aliphatic carbocycles. The number of anilines is 2. The van der Waals surface area contributed by atoms with Crippen LogP contribution in [0.15, 0.2) is 72.8 Å². The summed E-state index contributed by atoms with van der Waals surface area (Å²) in [5.74, 6) is 1.50. The molecule has 0 fully saturated rings. The van der Waals surface area contributed by atoms with Gasteiger partial charge in [0, 0.05) is 33.9 Å². The second kappa shape index (κ2) is 8.46. The molecular formula is C22H18Cl2N4. The zero-order chi connectivity index (χ0) is 19.3. The van der Waals surface area contributed by atoms with E-state index in [0.29, 0.717) is 13.1 Å². The van der Waals surface area contributed by atoms with Crippen LogP contribution in [0.1, 0.15) is 11.1 Å². The Morgan fingerprint density at radius 2 is 0.964 bits per heavy atom. The van der Waals surface area contributed by atoms with Crippen LogP contribution in [0.3, 0.4) is 0 Å². The Balaban J connectivity index is 1.54. The Kier molecular flexibility index (Phi) is 5.60. The number of hydrogen-bond donors (Lipinski definition) is 2. The van der Waals surface area contributed by atoms with Crippen LogP contribution >= 0.6 is 23.2 Å². The molecular weight excluding hydrogens is 391 g/mol. The average molecular weight is 409 g/mol. The second-order valence-electron chi connectivity index (χ2n) is 6.40. The molecule has 2 N–H and O–H groups in total. The van der Waals surface area contributed by atoms with Gasteiger partial charge in [0.1, 0.15) is 0 Å². The Labute approximate surface area is 173 Å². The van der Waals surface area contributed by atoms with Crippen LogP contribution in [-0.4, -0.2) is 10.2 Å². The molecule has 0 unspecified atom stereocenters. The highest BCUT2D eigenvalue weighted by Gasteiger charge is 2.09. The van der Waals surface area contributed by atoms with Gasteiger partial charge in [0.15, 0.2) is 11.6 Å². The molecule has 0 aliphatic rings. The van der Waals surface area contributed by atoms with E-state index in [2.05, 4.69) is 20.8 Å². The molecule has 3 aromatic carbocycles. The van der Waals surface area contributed by atoms with Crippen LogP contribution in [-0.2, 0) is 13.1 Å². The molecule has 6 heteroatoms. The van der Waals surface area contributed by atoms with Crippen molar-refractivity contribution < 1.29 is 0 Å². The summed E-state index contributed by atoms with van der Waals surface area (Å²) in [6.07, 6.45) is 0. The molecule has 1 aromatic heterocycles. The minimum Gasteiger partial charge on any atom is -0.364 e. The fourth-order valence-corrected chi connectivity index (χ4v) is 3.19. The van der Waals surface area contributed by atoms with Crippen molar-refractivity contribution >= 4 is 45.6 Å². The van der Waals surface area contributed by atoms with E-state index < -0.39 is 0 Å². The fourth-order valence-electron chi connectivity index (χ4n) is 2.94. The maximum absolute atomic E-state index is 5.95. The molecule has 0 amide bonds. The molecule has 1 heterocycles. The Morgan fingerprint density at radius 3 is 1.36 bits per heavy atom. The first kappa shape index (κ1) is 18.5. The number of rotatable bonds is 6. The van der Waals surface area contributed by atoms with E-state index in [1.807, 2.05) is 72.8 Å². The van der Waals surface area contributed by atoms with E-state index in [4.69, 9.17) is 23.2 Å². The van der Waals surface area contributed by atoms with Gasteiger partial charge < -0.3 is 10.6 Å². The molecule has 0 saturated carbocycles. The number of halogens is 2. The first-order valence-electron chi connectivity index (χ1n) is 8.91. The van der Waals surface area contributed by atoms with Crippen molar-refractivity contribution in [1.82, 2.24) is 10.2 Å². The van der Waals surface area contributed by atoms with E-state index in [0.717, 1.165) is 43.6 Å². The molecule has 0 radical (unpaired) electrons. The largest absolute Gasteiger partial charge is 0.364 e. The monoisotopic (exact) mass is 408 g/mol. The Bertz CT molecular complexity index is 992. The number of aromatic nitrogens is 2. The predicted octanol–water partition coefficient (Wildman–Crippen LogP) is 6.16. The quantitative estimate of drug-likeness (QED) is 0.400. The summed E-state index contributed by atoms with van der Waals surface area (Å²) in [4.78, 5) is 0. The van der Waals surface area contributed by atoms with Crippen molar-refractivity contribution in [3.63, 3.8) is 0 Å². The van der Waals surface area contributed by atoms with Gasteiger partial charge in [0.25, 0.3) is 0 Å². The molecule has 4 rings (SSSR count). The lowest BCUT2D eigenvalue weighted by Gasteiger charge is -2.12. The van der Waals surface area contributed by atoms with Crippen LogP contribution in [0.5, 0.6) is 0 Å². The van der Waals surface area contributed by atoms with Crippen molar-refractivity contribution in [1.29, 1.82) is 0 Å². The van der Waals surface area contributed by atoms with E-state index in [-0.39, 0.29) is 0 Å². The van der Waals surface area contributed by atoms with Gasteiger partial charge in [-0.15, -0.1) is 10.2 Å². The van der Waals surface area contributed by atoms with Crippen LogP contribution in [0.25, 0.3) is 10.8 Å². The smallest absolute Gasteiger partial charge is 0.157 e. The second-order valence-corrected chi connectivity index (χ2v) is 7.28. The van der Waals surface area contributed by atoms with Gasteiger partial charge in [0.05, 0.1) is 0 Å². The highest BCUT2D eigenvalue weighted by molar-refractivity contribution is 6.30. The lowest BCUT2D eigenvalue weighted by atomic mass is 10.1. The Morgan fingerprint density at radius 1 is 0.571 bits per heavy atom. The molecule has 140 valence electrons. The topological polar surface area (TPSA) is 49.8 Å². The summed E-state index contributed by atoms with van der Waals surface area (Å²) < 4.78 is 0. The van der Waals surface area contributed by atoms with Gasteiger partial charge in [-0.25, -0.2) is 0 Å². The normalized spacial score (nSPS) is 10.8. The van der Waals surface area contributed by atoms with Gasteiger partial charge in [-0.3, -0.25) is 0 Å². The SMILES string of the molecule is Clc1ccc(CNc2nnc(NCc3ccc(Cl)cc3)c3ccccc23)cc1. The van der Waals surface area contributed by atoms with Gasteiger partial charge in [-0.2, -0.15) is 0 Å². The summed E-state index contributed by atoms with van der Waals surface area (Å²) in [7, 11) is 0. The summed E-state index contributed by atoms with van der Waals surface area (Å²) in [5.41, 5.74) is 2.25. The van der Waals surface area contributed by atoms with Crippen LogP contribution < -0.4 is 10.6 Å². The minimum atomic E-state index is 0.646.